The average Bonchev–Trinajstić information content (AvgIpc) is 3.63. The number of fused-ring (bicyclic) bond motifs is 1. The lowest BCUT2D eigenvalue weighted by atomic mass is 9.92. The van der Waals surface area contributed by atoms with Crippen molar-refractivity contribution in [3.8, 4) is 28.2 Å². The topological polar surface area (TPSA) is 116 Å². The van der Waals surface area contributed by atoms with E-state index in [9.17, 15) is 9.59 Å². The number of aromatic amines is 1. The van der Waals surface area contributed by atoms with Crippen LogP contribution < -0.4 is 11.2 Å². The molecular weight excluding hydrogens is 528 g/mol. The third-order valence-corrected chi connectivity index (χ3v) is 7.25. The van der Waals surface area contributed by atoms with E-state index >= 15 is 0 Å². The van der Waals surface area contributed by atoms with Gasteiger partial charge in [0.05, 0.1) is 5.69 Å². The zero-order valence-electron chi connectivity index (χ0n) is 24.1. The van der Waals surface area contributed by atoms with Gasteiger partial charge in [-0.2, -0.15) is 5.21 Å². The summed E-state index contributed by atoms with van der Waals surface area (Å²) in [4.78, 5) is 32.3. The number of nitrogens with one attached hydrogen (secondary N) is 1. The molecule has 3 aromatic carbocycles. The zero-order valence-corrected chi connectivity index (χ0v) is 24.1. The standard InChI is InChI=1S/C32H32N8O2/c1-5-38-30(41)27-29(40(31(38)42)23-11-7-6-8-12-23)33-26(19-32(2,3)4)39(27)20-21-15-17-22(18-16-21)24-13-9-10-14-25(24)28-34-36-37-35-28/h6-18H,5,19-20H2,1-4H3,(H,34,35,36,37). The van der Waals surface area contributed by atoms with E-state index in [1.165, 1.54) is 4.57 Å². The minimum Gasteiger partial charge on any atom is -0.318 e. The fourth-order valence-electron chi connectivity index (χ4n) is 5.32. The van der Waals surface area contributed by atoms with E-state index < -0.39 is 5.69 Å². The van der Waals surface area contributed by atoms with Gasteiger partial charge in [0.25, 0.3) is 5.56 Å². The Morgan fingerprint density at radius 1 is 0.833 bits per heavy atom. The van der Waals surface area contributed by atoms with Gasteiger partial charge in [-0.15, -0.1) is 10.2 Å². The second kappa shape index (κ2) is 10.7. The quantitative estimate of drug-likeness (QED) is 0.298. The molecule has 42 heavy (non-hydrogen) atoms. The van der Waals surface area contributed by atoms with Crippen molar-refractivity contribution >= 4 is 11.2 Å². The number of imidazole rings is 1. The summed E-state index contributed by atoms with van der Waals surface area (Å²) in [6, 6.07) is 25.5. The average molecular weight is 561 g/mol. The molecule has 0 aliphatic rings. The molecule has 0 saturated carbocycles. The van der Waals surface area contributed by atoms with Gasteiger partial charge in [0.15, 0.2) is 11.2 Å². The fourth-order valence-corrected chi connectivity index (χ4v) is 5.32. The molecule has 0 fully saturated rings. The van der Waals surface area contributed by atoms with Crippen LogP contribution >= 0.6 is 0 Å². The Morgan fingerprint density at radius 3 is 2.17 bits per heavy atom. The Labute approximate surface area is 242 Å². The molecule has 6 rings (SSSR count). The van der Waals surface area contributed by atoms with Gasteiger partial charge in [-0.3, -0.25) is 9.36 Å². The second-order valence-corrected chi connectivity index (χ2v) is 11.5. The largest absolute Gasteiger partial charge is 0.337 e. The van der Waals surface area contributed by atoms with E-state index in [2.05, 4.69) is 65.7 Å². The zero-order chi connectivity index (χ0) is 29.4. The number of aromatic nitrogens is 8. The van der Waals surface area contributed by atoms with Crippen LogP contribution in [0, 0.1) is 5.41 Å². The van der Waals surface area contributed by atoms with Gasteiger partial charge >= 0.3 is 5.69 Å². The van der Waals surface area contributed by atoms with E-state index in [4.69, 9.17) is 4.98 Å². The Hall–Kier alpha value is -5.12. The van der Waals surface area contributed by atoms with E-state index in [0.717, 1.165) is 28.1 Å². The number of tetrazole rings is 1. The Balaban J connectivity index is 1.49. The van der Waals surface area contributed by atoms with Crippen molar-refractivity contribution in [2.24, 2.45) is 5.41 Å². The first-order valence-corrected chi connectivity index (χ1v) is 14.0. The smallest absolute Gasteiger partial charge is 0.318 e. The lowest BCUT2D eigenvalue weighted by Crippen LogP contribution is -2.39. The first kappa shape index (κ1) is 27.1. The van der Waals surface area contributed by atoms with Crippen LogP contribution in [-0.2, 0) is 19.5 Å². The summed E-state index contributed by atoms with van der Waals surface area (Å²) < 4.78 is 4.82. The number of rotatable bonds is 7. The minimum absolute atomic E-state index is 0.0938. The van der Waals surface area contributed by atoms with Crippen molar-refractivity contribution in [3.63, 3.8) is 0 Å². The second-order valence-electron chi connectivity index (χ2n) is 11.5. The summed E-state index contributed by atoms with van der Waals surface area (Å²) in [5, 5.41) is 14.5. The van der Waals surface area contributed by atoms with Crippen LogP contribution in [0.5, 0.6) is 0 Å². The van der Waals surface area contributed by atoms with Gasteiger partial charge in [-0.25, -0.2) is 14.3 Å². The molecule has 0 aliphatic heterocycles. The maximum Gasteiger partial charge on any atom is 0.337 e. The molecule has 0 radical (unpaired) electrons. The molecule has 0 amide bonds. The summed E-state index contributed by atoms with van der Waals surface area (Å²) in [7, 11) is 0. The van der Waals surface area contributed by atoms with Crippen LogP contribution in [0.25, 0.3) is 39.4 Å². The van der Waals surface area contributed by atoms with Crippen molar-refractivity contribution in [3.05, 3.63) is 111 Å². The lowest BCUT2D eigenvalue weighted by Gasteiger charge is -2.19. The van der Waals surface area contributed by atoms with Crippen molar-refractivity contribution in [2.75, 3.05) is 0 Å². The van der Waals surface area contributed by atoms with Gasteiger partial charge < -0.3 is 4.57 Å². The molecule has 3 aromatic heterocycles. The maximum atomic E-state index is 13.8. The number of hydrogen-bond acceptors (Lipinski definition) is 6. The van der Waals surface area contributed by atoms with Gasteiger partial charge in [0.2, 0.25) is 5.82 Å². The SMILES string of the molecule is CCn1c(=O)c2c(nc(CC(C)(C)C)n2Cc2ccc(-c3ccccc3-c3nn[nH]n3)cc2)n(-c2ccccc2)c1=O. The van der Waals surface area contributed by atoms with Crippen molar-refractivity contribution < 1.29 is 0 Å². The molecule has 1 N–H and O–H groups in total. The summed E-state index contributed by atoms with van der Waals surface area (Å²) in [5.74, 6) is 1.29. The van der Waals surface area contributed by atoms with Crippen LogP contribution in [0.4, 0.5) is 0 Å². The highest BCUT2D eigenvalue weighted by Crippen LogP contribution is 2.30. The molecule has 0 saturated heterocycles. The Kier molecular flexibility index (Phi) is 6.89. The summed E-state index contributed by atoms with van der Waals surface area (Å²) in [6.07, 6.45) is 0.631. The van der Waals surface area contributed by atoms with Crippen LogP contribution in [0.2, 0.25) is 0 Å². The van der Waals surface area contributed by atoms with Gasteiger partial charge in [-0.1, -0.05) is 87.5 Å². The predicted octanol–water partition coefficient (Wildman–Crippen LogP) is 4.85. The van der Waals surface area contributed by atoms with Gasteiger partial charge in [-0.05, 0) is 46.4 Å². The highest BCUT2D eigenvalue weighted by molar-refractivity contribution is 5.80. The van der Waals surface area contributed by atoms with Gasteiger partial charge in [0.1, 0.15) is 5.82 Å². The number of H-pyrrole nitrogens is 1. The van der Waals surface area contributed by atoms with Crippen LogP contribution in [0.15, 0.2) is 88.5 Å². The van der Waals surface area contributed by atoms with Crippen LogP contribution in [-0.4, -0.2) is 39.3 Å². The molecule has 0 spiro atoms. The molecule has 212 valence electrons. The minimum atomic E-state index is -0.391. The fraction of sp³-hybridized carbons (Fsp3) is 0.250. The molecule has 10 nitrogen and oxygen atoms in total. The highest BCUT2D eigenvalue weighted by atomic mass is 16.2. The Morgan fingerprint density at radius 2 is 1.52 bits per heavy atom. The van der Waals surface area contributed by atoms with E-state index in [-0.39, 0.29) is 17.5 Å². The molecule has 10 heteroatoms. The molecule has 3 heterocycles. The summed E-state index contributed by atoms with van der Waals surface area (Å²) in [5.41, 5.74) is 4.55. The molecular formula is C32H32N8O2. The van der Waals surface area contributed by atoms with E-state index in [0.29, 0.717) is 35.6 Å². The molecule has 0 atom stereocenters. The first-order valence-electron chi connectivity index (χ1n) is 14.0. The molecule has 0 aliphatic carbocycles. The normalized spacial score (nSPS) is 11.8. The molecule has 0 unspecified atom stereocenters. The first-order chi connectivity index (χ1) is 20.2. The molecule has 0 bridgehead atoms. The highest BCUT2D eigenvalue weighted by Gasteiger charge is 2.25. The summed E-state index contributed by atoms with van der Waals surface area (Å²) >= 11 is 0. The third kappa shape index (κ3) is 4.96. The monoisotopic (exact) mass is 560 g/mol. The Bertz CT molecular complexity index is 1980. The number of hydrogen-bond donors (Lipinski definition) is 1. The van der Waals surface area contributed by atoms with Crippen molar-refractivity contribution in [1.82, 2.24) is 39.3 Å². The number of nitrogens with zero attached hydrogens (tertiary/aromatic N) is 7. The lowest BCUT2D eigenvalue weighted by molar-refractivity contribution is 0.394. The number of para-hydroxylation sites is 1. The third-order valence-electron chi connectivity index (χ3n) is 7.25. The van der Waals surface area contributed by atoms with Crippen molar-refractivity contribution in [2.45, 2.75) is 47.2 Å². The van der Waals surface area contributed by atoms with E-state index in [1.54, 1.807) is 4.57 Å². The molecule has 6 aromatic rings. The predicted molar refractivity (Wildman–Crippen MR) is 163 cm³/mol. The van der Waals surface area contributed by atoms with Crippen LogP contribution in [0.1, 0.15) is 39.1 Å². The van der Waals surface area contributed by atoms with Crippen molar-refractivity contribution in [1.29, 1.82) is 0 Å². The van der Waals surface area contributed by atoms with Gasteiger partial charge in [0, 0.05) is 25.1 Å². The van der Waals surface area contributed by atoms with E-state index in [1.807, 2.05) is 66.1 Å². The number of benzene rings is 3. The summed E-state index contributed by atoms with van der Waals surface area (Å²) in [6.45, 7) is 8.92. The van der Waals surface area contributed by atoms with Crippen LogP contribution in [0.3, 0.4) is 0 Å². The maximum absolute atomic E-state index is 13.8.